The average molecular weight is 1410 g/mol. The number of methoxy groups -OCH3 is 1. The molecule has 490 valence electrons. The number of amidine groups is 1. The molecule has 2 fully saturated rings. The van der Waals surface area contributed by atoms with Gasteiger partial charge < -0.3 is 67.5 Å². The number of thiazole rings is 1. The summed E-state index contributed by atoms with van der Waals surface area (Å²) in [6.45, 7) is 24.7. The quantitative estimate of drug-likeness (QED) is 0.0139. The largest absolute Gasteiger partial charge is 1.00 e. The van der Waals surface area contributed by atoms with E-state index in [1.807, 2.05) is 39.8 Å². The molecule has 0 aliphatic carbocycles. The molecule has 5 aromatic rings. The number of β-lactam (4-membered cyclic amide) rings is 1. The maximum absolute atomic E-state index is 14.5. The van der Waals surface area contributed by atoms with Gasteiger partial charge in [0.15, 0.2) is 29.8 Å². The minimum atomic E-state index is -1.70. The van der Waals surface area contributed by atoms with Gasteiger partial charge in [-0.3, -0.25) is 34.8 Å². The Morgan fingerprint density at radius 2 is 1.48 bits per heavy atom. The van der Waals surface area contributed by atoms with Crippen LogP contribution in [-0.4, -0.2) is 154 Å². The third-order valence-electron chi connectivity index (χ3n) is 13.7. The van der Waals surface area contributed by atoms with Gasteiger partial charge in [0.05, 0.1) is 36.8 Å². The number of ether oxygens (including phenoxy) is 6. The lowest BCUT2D eigenvalue weighted by molar-refractivity contribution is -0.687. The summed E-state index contributed by atoms with van der Waals surface area (Å²) in [6.07, 6.45) is 4.64. The Labute approximate surface area is 554 Å². The van der Waals surface area contributed by atoms with E-state index in [4.69, 9.17) is 38.4 Å². The number of thioether (sulfide) groups is 1. The minimum absolute atomic E-state index is 0. The van der Waals surface area contributed by atoms with E-state index in [0.29, 0.717) is 48.4 Å². The maximum Gasteiger partial charge on any atom is 0.416 e. The number of halogens is 1. The molecule has 3 aliphatic heterocycles. The Bertz CT molecular complexity index is 3620. The van der Waals surface area contributed by atoms with Crippen molar-refractivity contribution in [3.8, 4) is 5.75 Å². The van der Waals surface area contributed by atoms with Crippen molar-refractivity contribution in [1.29, 1.82) is 5.41 Å². The Morgan fingerprint density at radius 3 is 2.12 bits per heavy atom. The molecule has 2 aromatic carbocycles. The van der Waals surface area contributed by atoms with Crippen LogP contribution < -0.4 is 43.9 Å². The molecule has 6 heterocycles. The zero-order chi connectivity index (χ0) is 65.8. The molecule has 0 bridgehead atoms. The molecule has 3 aromatic heterocycles. The normalized spacial score (nSPS) is 17.2. The molecular weight excluding hydrogens is 1330 g/mol. The molecule has 25 nitrogen and oxygen atoms in total. The number of aromatic nitrogens is 4. The summed E-state index contributed by atoms with van der Waals surface area (Å²) in [7, 11) is 1.54. The van der Waals surface area contributed by atoms with Crippen LogP contribution in [0.2, 0.25) is 0 Å². The monoisotopic (exact) mass is 1410 g/mol. The number of nitrogens with zero attached hydrogens (tertiary/aromatic N) is 8. The fourth-order valence-electron chi connectivity index (χ4n) is 9.57. The number of carbonyl (C=O) groups is 7. The number of oxime groups is 1. The van der Waals surface area contributed by atoms with Crippen molar-refractivity contribution in [2.75, 3.05) is 31.3 Å². The van der Waals surface area contributed by atoms with Gasteiger partial charge in [0.25, 0.3) is 11.8 Å². The number of benzene rings is 2. The van der Waals surface area contributed by atoms with Crippen molar-refractivity contribution in [3.63, 3.8) is 0 Å². The first-order valence-electron chi connectivity index (χ1n) is 29.3. The molecule has 0 spiro atoms. The van der Waals surface area contributed by atoms with Crippen LogP contribution >= 0.6 is 23.1 Å². The number of rotatable bonds is 17. The highest BCUT2D eigenvalue weighted by Gasteiger charge is 2.55. The topological polar surface area (TPSA) is 289 Å². The molecule has 2 saturated heterocycles. The van der Waals surface area contributed by atoms with Gasteiger partial charge in [-0.1, -0.05) is 41.6 Å². The Hall–Kier alpha value is -7.86. The zero-order valence-electron chi connectivity index (χ0n) is 53.9. The Kier molecular flexibility index (Phi) is 22.0. The third-order valence-corrected chi connectivity index (χ3v) is 15.8. The standard InChI is InChI=1S/C63H79N11O14S2.HI/c1-59(2,3)84-54(78)63(13,14)88-69-46(44-36-90-55(66-44)68-56(79)85-60(4,5)6)50(75)67-47-51(76)74-48(53(77)83-34-38-20-24-43(82-15)25-21-38)41(35-89-52(47)74)32-70-28-26-45-40(31-70)29-65-72(45)30-37-18-22-39(23-19-37)49(64)73(58(81)87-62(10,11)12)42-17-16-27-71(33-42)57(80)86-61(7,8)9;/h18-26,28-29,31,36,42,47,52,64H,16-17,27,30,32-35H2,1-15H3,(H-,66,67,68,75,79);1H/t42-,47-,52-;/m1./s1. The van der Waals surface area contributed by atoms with Gasteiger partial charge in [-0.15, -0.1) is 23.1 Å². The van der Waals surface area contributed by atoms with E-state index >= 15 is 0 Å². The Balaban J connectivity index is 0.0000118. The van der Waals surface area contributed by atoms with Gasteiger partial charge in [-0.05, 0) is 133 Å². The molecule has 0 radical (unpaired) electrons. The van der Waals surface area contributed by atoms with E-state index in [9.17, 15) is 39.0 Å². The average Bonchev–Trinajstić information content (AvgIpc) is 1.52. The number of amides is 5. The van der Waals surface area contributed by atoms with Crippen LogP contribution in [0.4, 0.5) is 19.5 Å². The number of anilines is 1. The van der Waals surface area contributed by atoms with E-state index in [0.717, 1.165) is 27.8 Å². The number of pyridine rings is 1. The van der Waals surface area contributed by atoms with Gasteiger partial charge in [-0.25, -0.2) is 33.5 Å². The molecule has 5 amide bonds. The van der Waals surface area contributed by atoms with E-state index in [-0.39, 0.29) is 71.8 Å². The highest BCUT2D eigenvalue weighted by molar-refractivity contribution is 8.00. The molecule has 8 rings (SSSR count). The molecule has 0 saturated carbocycles. The van der Waals surface area contributed by atoms with Gasteiger partial charge in [0.2, 0.25) is 5.60 Å². The molecule has 91 heavy (non-hydrogen) atoms. The van der Waals surface area contributed by atoms with Crippen LogP contribution in [0.25, 0.3) is 10.9 Å². The predicted molar refractivity (Wildman–Crippen MR) is 336 cm³/mol. The molecule has 0 unspecified atom stereocenters. The van der Waals surface area contributed by atoms with Crippen LogP contribution in [0.5, 0.6) is 5.75 Å². The van der Waals surface area contributed by atoms with E-state index < -0.39 is 93.2 Å². The van der Waals surface area contributed by atoms with Crippen LogP contribution in [0.3, 0.4) is 0 Å². The van der Waals surface area contributed by atoms with Gasteiger partial charge in [-0.2, -0.15) is 5.10 Å². The van der Waals surface area contributed by atoms with E-state index in [1.54, 1.807) is 138 Å². The van der Waals surface area contributed by atoms with Gasteiger partial charge >= 0.3 is 30.2 Å². The second kappa shape index (κ2) is 28.3. The fourth-order valence-corrected chi connectivity index (χ4v) is 11.6. The summed E-state index contributed by atoms with van der Waals surface area (Å²) >= 11 is 2.29. The van der Waals surface area contributed by atoms with E-state index in [1.165, 1.54) is 40.8 Å². The summed E-state index contributed by atoms with van der Waals surface area (Å²) in [5.74, 6) is -2.26. The summed E-state index contributed by atoms with van der Waals surface area (Å²) < 4.78 is 37.3. The van der Waals surface area contributed by atoms with E-state index in [2.05, 4.69) is 20.8 Å². The molecule has 28 heteroatoms. The van der Waals surface area contributed by atoms with Gasteiger partial charge in [0, 0.05) is 41.4 Å². The number of esters is 2. The van der Waals surface area contributed by atoms with Crippen LogP contribution in [-0.2, 0) is 67.4 Å². The smallest absolute Gasteiger partial charge is 0.416 e. The summed E-state index contributed by atoms with van der Waals surface area (Å²) in [5.41, 5.74) is -2.04. The number of piperidine rings is 1. The first kappa shape index (κ1) is 70.6. The second-order valence-electron chi connectivity index (χ2n) is 26.3. The van der Waals surface area contributed by atoms with Gasteiger partial charge in [0.1, 0.15) is 63.4 Å². The fraction of sp³-hybridized carbons (Fsp3) is 0.492. The maximum atomic E-state index is 14.5. The number of carbonyl (C=O) groups excluding carboxylic acids is 7. The van der Waals surface area contributed by atoms with Crippen LogP contribution in [0.1, 0.15) is 132 Å². The van der Waals surface area contributed by atoms with Crippen molar-refractivity contribution in [2.24, 2.45) is 5.16 Å². The van der Waals surface area contributed by atoms with Crippen molar-refractivity contribution < 1.29 is 95.4 Å². The Morgan fingerprint density at radius 1 is 0.835 bits per heavy atom. The predicted octanol–water partition coefficient (Wildman–Crippen LogP) is 6.09. The first-order chi connectivity index (χ1) is 42.0. The summed E-state index contributed by atoms with van der Waals surface area (Å²) in [6, 6.07) is 14.5. The lowest BCUT2D eigenvalue weighted by atomic mass is 10.0. The summed E-state index contributed by atoms with van der Waals surface area (Å²) in [4.78, 5) is 111. The highest BCUT2D eigenvalue weighted by atomic mass is 127. The number of nitrogens with one attached hydrogen (secondary N) is 3. The highest BCUT2D eigenvalue weighted by Crippen LogP contribution is 2.41. The lowest BCUT2D eigenvalue weighted by Gasteiger charge is -2.49. The number of hydrogen-bond donors (Lipinski definition) is 3. The number of fused-ring (bicyclic) bond motifs is 2. The number of likely N-dealkylation sites (tertiary alicyclic amines) is 1. The number of hydrogen-bond acceptors (Lipinski definition) is 20. The SMILES string of the molecule is COc1ccc(COC(=O)C2=C(C[n+]3ccc4c(cnn4Cc4ccc(C(=N)N(C(=O)OC(C)(C)C)[C@@H]5CCCN(C(=O)OC(C)(C)C)C5)cc4)c3)CS[C@@H]3[C@H](NC(=O)C(=NOC(C)(C)C(=O)OC(C)(C)C)c4csc(NC(=O)OC(C)(C)C)n4)C(=O)N23)cc1.[I-]. The summed E-state index contributed by atoms with van der Waals surface area (Å²) in [5, 5.41) is 24.9. The van der Waals surface area contributed by atoms with Crippen molar-refractivity contribution >= 4 is 92.7 Å². The van der Waals surface area contributed by atoms with Crippen LogP contribution in [0, 0.1) is 5.41 Å². The minimum Gasteiger partial charge on any atom is -1.00 e. The van der Waals surface area contributed by atoms with Crippen LogP contribution in [0.15, 0.2) is 95.0 Å². The molecule has 3 atom stereocenters. The van der Waals surface area contributed by atoms with Crippen molar-refractivity contribution in [1.82, 2.24) is 34.8 Å². The van der Waals surface area contributed by atoms with Crippen molar-refractivity contribution in [2.45, 2.75) is 175 Å². The molecular formula is C63H80IN11O14S2. The lowest BCUT2D eigenvalue weighted by Crippen LogP contribution is -3.00. The van der Waals surface area contributed by atoms with Crippen molar-refractivity contribution in [3.05, 3.63) is 112 Å². The molecule has 3 aliphatic rings. The molecule has 3 N–H and O–H groups in total. The third kappa shape index (κ3) is 18.4. The first-order valence-corrected chi connectivity index (χ1v) is 31.2. The second-order valence-corrected chi connectivity index (χ2v) is 28.3. The zero-order valence-corrected chi connectivity index (χ0v) is 57.7.